The van der Waals surface area contributed by atoms with Crippen LogP contribution in [-0.4, -0.2) is 45.3 Å². The first-order chi connectivity index (χ1) is 8.69. The average molecular weight is 273 g/mol. The molecule has 0 aliphatic heterocycles. The Bertz CT molecular complexity index is 382. The molecule has 0 amide bonds. The van der Waals surface area contributed by atoms with E-state index in [0.29, 0.717) is 18.3 Å². The number of ether oxygens (including phenoxy) is 1. The zero-order valence-electron chi connectivity index (χ0n) is 10.8. The van der Waals surface area contributed by atoms with Crippen LogP contribution in [0, 0.1) is 0 Å². The summed E-state index contributed by atoms with van der Waals surface area (Å²) in [6, 6.07) is 0. The van der Waals surface area contributed by atoms with E-state index in [9.17, 15) is 4.79 Å². The number of nitrogens with zero attached hydrogens (tertiary/aromatic N) is 3. The van der Waals surface area contributed by atoms with Crippen molar-refractivity contribution in [2.24, 2.45) is 0 Å². The van der Waals surface area contributed by atoms with Crippen LogP contribution in [0.15, 0.2) is 5.16 Å². The van der Waals surface area contributed by atoms with E-state index in [-0.39, 0.29) is 5.75 Å². The lowest BCUT2D eigenvalue weighted by Crippen LogP contribution is -2.10. The zero-order chi connectivity index (χ0) is 13.4. The number of hydrogen-bond donors (Lipinski definition) is 1. The van der Waals surface area contributed by atoms with Crippen LogP contribution in [0.1, 0.15) is 25.6 Å². The quantitative estimate of drug-likeness (QED) is 0.686. The van der Waals surface area contributed by atoms with Crippen molar-refractivity contribution in [3.63, 3.8) is 0 Å². The monoisotopic (exact) mass is 273 g/mol. The molecule has 18 heavy (non-hydrogen) atoms. The van der Waals surface area contributed by atoms with Gasteiger partial charge in [0.2, 0.25) is 0 Å². The van der Waals surface area contributed by atoms with Gasteiger partial charge < -0.3 is 14.4 Å². The fraction of sp³-hybridized carbons (Fsp3) is 0.727. The molecule has 0 atom stereocenters. The van der Waals surface area contributed by atoms with Crippen LogP contribution < -0.4 is 0 Å². The number of unbranched alkanes of at least 4 members (excludes halogenated alkanes) is 1. The van der Waals surface area contributed by atoms with Gasteiger partial charge in [0.1, 0.15) is 5.82 Å². The molecule has 0 aliphatic carbocycles. The van der Waals surface area contributed by atoms with Crippen molar-refractivity contribution in [1.82, 2.24) is 14.8 Å². The number of carbonyl (C=O) groups is 1. The Labute approximate surface area is 111 Å². The van der Waals surface area contributed by atoms with Crippen LogP contribution >= 0.6 is 11.8 Å². The van der Waals surface area contributed by atoms with Gasteiger partial charge in [-0.15, -0.1) is 10.2 Å². The molecule has 0 saturated heterocycles. The van der Waals surface area contributed by atoms with Crippen molar-refractivity contribution >= 4 is 17.7 Å². The highest BCUT2D eigenvalue weighted by molar-refractivity contribution is 7.99. The molecule has 1 aromatic heterocycles. The molecule has 1 aromatic rings. The molecule has 6 nitrogen and oxygen atoms in total. The van der Waals surface area contributed by atoms with Crippen molar-refractivity contribution in [2.75, 3.05) is 19.5 Å². The normalized spacial score (nSPS) is 10.8. The third-order valence-electron chi connectivity index (χ3n) is 2.39. The first-order valence-electron chi connectivity index (χ1n) is 5.94. The summed E-state index contributed by atoms with van der Waals surface area (Å²) in [5.74, 6) is 0.0528. The van der Waals surface area contributed by atoms with Gasteiger partial charge >= 0.3 is 5.97 Å². The van der Waals surface area contributed by atoms with Gasteiger partial charge in [-0.2, -0.15) is 0 Å². The molecular formula is C11H19N3O3S. The van der Waals surface area contributed by atoms with Gasteiger partial charge in [0, 0.05) is 20.1 Å². The van der Waals surface area contributed by atoms with Gasteiger partial charge in [0.05, 0.1) is 12.4 Å². The Morgan fingerprint density at radius 3 is 2.89 bits per heavy atom. The van der Waals surface area contributed by atoms with Crippen molar-refractivity contribution < 1.29 is 14.6 Å². The summed E-state index contributed by atoms with van der Waals surface area (Å²) in [6.07, 6.45) is 3.00. The van der Waals surface area contributed by atoms with E-state index in [1.165, 1.54) is 11.8 Å². The molecule has 1 N–H and O–H groups in total. The number of carboxylic acids is 1. The largest absolute Gasteiger partial charge is 0.481 e. The van der Waals surface area contributed by atoms with Crippen LogP contribution in [0.25, 0.3) is 0 Å². The number of hydrogen-bond acceptors (Lipinski definition) is 5. The summed E-state index contributed by atoms with van der Waals surface area (Å²) in [4.78, 5) is 10.6. The smallest absolute Gasteiger partial charge is 0.313 e. The fourth-order valence-electron chi connectivity index (χ4n) is 1.48. The van der Waals surface area contributed by atoms with Crippen molar-refractivity contribution in [2.45, 2.75) is 37.9 Å². The van der Waals surface area contributed by atoms with Crippen molar-refractivity contribution in [3.8, 4) is 0 Å². The summed E-state index contributed by atoms with van der Waals surface area (Å²) in [5.41, 5.74) is 0. The molecular weight excluding hydrogens is 254 g/mol. The van der Waals surface area contributed by atoms with Gasteiger partial charge in [0.15, 0.2) is 5.16 Å². The molecule has 0 spiro atoms. The third-order valence-corrected chi connectivity index (χ3v) is 3.34. The Hall–Kier alpha value is -1.08. The lowest BCUT2D eigenvalue weighted by molar-refractivity contribution is -0.133. The first kappa shape index (κ1) is 15.0. The van der Waals surface area contributed by atoms with Gasteiger partial charge in [0.25, 0.3) is 0 Å². The van der Waals surface area contributed by atoms with E-state index < -0.39 is 5.97 Å². The molecule has 0 fully saturated rings. The molecule has 0 radical (unpaired) electrons. The molecule has 0 aromatic carbocycles. The summed E-state index contributed by atoms with van der Waals surface area (Å²) in [7, 11) is 1.64. The average Bonchev–Trinajstić information content (AvgIpc) is 2.73. The van der Waals surface area contributed by atoms with E-state index in [4.69, 9.17) is 9.84 Å². The minimum absolute atomic E-state index is 0.00110. The number of methoxy groups -OCH3 is 1. The van der Waals surface area contributed by atoms with Crippen LogP contribution in [0.3, 0.4) is 0 Å². The van der Waals surface area contributed by atoms with Crippen LogP contribution in [0.4, 0.5) is 0 Å². The number of aromatic nitrogens is 3. The van der Waals surface area contributed by atoms with Crippen LogP contribution in [0.5, 0.6) is 0 Å². The second-order valence-electron chi connectivity index (χ2n) is 3.83. The SMILES string of the molecule is CCCCc1nnc(SCC(=O)O)n1CCOC. The number of aryl methyl sites for hydroxylation is 1. The Kier molecular flexibility index (Phi) is 6.74. The number of aliphatic carboxylic acids is 1. The molecule has 0 aliphatic rings. The predicted octanol–water partition coefficient (Wildman–Crippen LogP) is 1.44. The highest BCUT2D eigenvalue weighted by atomic mass is 32.2. The molecule has 1 heterocycles. The highest BCUT2D eigenvalue weighted by Crippen LogP contribution is 2.17. The minimum atomic E-state index is -0.851. The maximum atomic E-state index is 10.6. The highest BCUT2D eigenvalue weighted by Gasteiger charge is 2.13. The Morgan fingerprint density at radius 2 is 2.28 bits per heavy atom. The molecule has 7 heteroatoms. The fourth-order valence-corrected chi connectivity index (χ4v) is 2.18. The van der Waals surface area contributed by atoms with E-state index >= 15 is 0 Å². The third kappa shape index (κ3) is 4.66. The molecule has 0 bridgehead atoms. The number of carboxylic acid groups (broad SMARTS) is 1. The summed E-state index contributed by atoms with van der Waals surface area (Å²) in [5, 5.41) is 17.5. The second-order valence-corrected chi connectivity index (χ2v) is 4.77. The molecule has 102 valence electrons. The van der Waals surface area contributed by atoms with Gasteiger partial charge in [-0.1, -0.05) is 25.1 Å². The summed E-state index contributed by atoms with van der Waals surface area (Å²) in [6.45, 7) is 3.35. The number of rotatable bonds is 9. The Balaban J connectivity index is 2.74. The minimum Gasteiger partial charge on any atom is -0.481 e. The predicted molar refractivity (Wildman–Crippen MR) is 68.9 cm³/mol. The zero-order valence-corrected chi connectivity index (χ0v) is 11.6. The van der Waals surface area contributed by atoms with Gasteiger partial charge in [-0.3, -0.25) is 4.79 Å². The van der Waals surface area contributed by atoms with E-state index in [1.54, 1.807) is 7.11 Å². The second kappa shape index (κ2) is 8.10. The van der Waals surface area contributed by atoms with E-state index in [2.05, 4.69) is 17.1 Å². The van der Waals surface area contributed by atoms with E-state index in [0.717, 1.165) is 25.1 Å². The standard InChI is InChI=1S/C11H19N3O3S/c1-3-4-5-9-12-13-11(18-8-10(15)16)14(9)6-7-17-2/h3-8H2,1-2H3,(H,15,16). The van der Waals surface area contributed by atoms with Crippen LogP contribution in [-0.2, 0) is 22.5 Å². The van der Waals surface area contributed by atoms with E-state index in [1.807, 2.05) is 4.57 Å². The Morgan fingerprint density at radius 1 is 1.50 bits per heavy atom. The summed E-state index contributed by atoms with van der Waals surface area (Å²) < 4.78 is 7.00. The molecule has 1 rings (SSSR count). The first-order valence-corrected chi connectivity index (χ1v) is 6.93. The van der Waals surface area contributed by atoms with Crippen LogP contribution in [0.2, 0.25) is 0 Å². The lowest BCUT2D eigenvalue weighted by atomic mass is 10.2. The summed E-state index contributed by atoms with van der Waals surface area (Å²) >= 11 is 1.19. The van der Waals surface area contributed by atoms with Gasteiger partial charge in [-0.05, 0) is 6.42 Å². The lowest BCUT2D eigenvalue weighted by Gasteiger charge is -2.08. The van der Waals surface area contributed by atoms with Crippen molar-refractivity contribution in [1.29, 1.82) is 0 Å². The topological polar surface area (TPSA) is 77.2 Å². The molecule has 0 saturated carbocycles. The number of thioether (sulfide) groups is 1. The maximum Gasteiger partial charge on any atom is 0.313 e. The molecule has 0 unspecified atom stereocenters. The van der Waals surface area contributed by atoms with Gasteiger partial charge in [-0.25, -0.2) is 0 Å². The maximum absolute atomic E-state index is 10.6. The van der Waals surface area contributed by atoms with Crippen molar-refractivity contribution in [3.05, 3.63) is 5.82 Å².